The van der Waals surface area contributed by atoms with E-state index in [9.17, 15) is 4.79 Å². The SMILES string of the molecule is COc1ccc(/C=C\CCC(=O)Nc2cccc3cccnc23)cc1. The van der Waals surface area contributed by atoms with Crippen molar-refractivity contribution in [1.29, 1.82) is 0 Å². The average Bonchev–Trinajstić information content (AvgIpc) is 2.66. The summed E-state index contributed by atoms with van der Waals surface area (Å²) in [4.78, 5) is 16.5. The molecule has 0 spiro atoms. The molecule has 0 radical (unpaired) electrons. The van der Waals surface area contributed by atoms with Crippen LogP contribution in [0.15, 0.2) is 66.9 Å². The van der Waals surface area contributed by atoms with Gasteiger partial charge in [-0.2, -0.15) is 0 Å². The first-order chi connectivity index (χ1) is 12.3. The van der Waals surface area contributed by atoms with Crippen LogP contribution in [-0.2, 0) is 4.79 Å². The van der Waals surface area contributed by atoms with Gasteiger partial charge in [-0.15, -0.1) is 0 Å². The number of nitrogens with zero attached hydrogens (tertiary/aromatic N) is 1. The molecular weight excluding hydrogens is 312 g/mol. The van der Waals surface area contributed by atoms with E-state index in [1.807, 2.05) is 66.7 Å². The van der Waals surface area contributed by atoms with Crippen molar-refractivity contribution in [1.82, 2.24) is 4.98 Å². The minimum absolute atomic E-state index is 0.0162. The highest BCUT2D eigenvalue weighted by Gasteiger charge is 2.05. The Morgan fingerprint density at radius 2 is 1.92 bits per heavy atom. The molecule has 126 valence electrons. The van der Waals surface area contributed by atoms with Crippen LogP contribution in [0.4, 0.5) is 5.69 Å². The first-order valence-corrected chi connectivity index (χ1v) is 8.20. The Balaban J connectivity index is 1.54. The summed E-state index contributed by atoms with van der Waals surface area (Å²) in [6, 6.07) is 17.4. The number of anilines is 1. The van der Waals surface area contributed by atoms with Crippen molar-refractivity contribution in [3.05, 3.63) is 72.4 Å². The van der Waals surface area contributed by atoms with E-state index in [1.54, 1.807) is 13.3 Å². The lowest BCUT2D eigenvalue weighted by atomic mass is 10.1. The molecule has 2 aromatic carbocycles. The molecule has 0 unspecified atom stereocenters. The molecule has 4 heteroatoms. The molecule has 3 aromatic rings. The molecule has 0 saturated heterocycles. The van der Waals surface area contributed by atoms with Gasteiger partial charge in [-0.05, 0) is 36.2 Å². The van der Waals surface area contributed by atoms with Crippen molar-refractivity contribution in [2.75, 3.05) is 12.4 Å². The van der Waals surface area contributed by atoms with Gasteiger partial charge in [0.25, 0.3) is 0 Å². The second-order valence-electron chi connectivity index (χ2n) is 5.64. The number of methoxy groups -OCH3 is 1. The highest BCUT2D eigenvalue weighted by molar-refractivity contribution is 6.00. The van der Waals surface area contributed by atoms with E-state index in [1.165, 1.54) is 0 Å². The van der Waals surface area contributed by atoms with Crippen LogP contribution in [0.3, 0.4) is 0 Å². The summed E-state index contributed by atoms with van der Waals surface area (Å²) in [6.07, 6.45) is 6.84. The van der Waals surface area contributed by atoms with Crippen LogP contribution in [0.1, 0.15) is 18.4 Å². The van der Waals surface area contributed by atoms with E-state index in [4.69, 9.17) is 4.74 Å². The average molecular weight is 332 g/mol. The molecule has 1 amide bonds. The fraction of sp³-hybridized carbons (Fsp3) is 0.143. The molecule has 0 fully saturated rings. The van der Waals surface area contributed by atoms with Crippen molar-refractivity contribution in [2.24, 2.45) is 0 Å². The lowest BCUT2D eigenvalue weighted by Crippen LogP contribution is -2.11. The summed E-state index contributed by atoms with van der Waals surface area (Å²) in [5.74, 6) is 0.817. The topological polar surface area (TPSA) is 51.2 Å². The number of benzene rings is 2. The van der Waals surface area contributed by atoms with Crippen LogP contribution in [0.25, 0.3) is 17.0 Å². The van der Waals surface area contributed by atoms with E-state index >= 15 is 0 Å². The summed E-state index contributed by atoms with van der Waals surface area (Å²) in [6.45, 7) is 0. The lowest BCUT2D eigenvalue weighted by Gasteiger charge is -2.07. The standard InChI is InChI=1S/C21H20N2O2/c1-25-18-13-11-16(12-14-18)6-2-3-10-20(24)23-19-9-4-7-17-8-5-15-22-21(17)19/h2,4-9,11-15H,3,10H2,1H3,(H,23,24)/b6-2-. The van der Waals surface area contributed by atoms with Gasteiger partial charge in [0.15, 0.2) is 0 Å². The van der Waals surface area contributed by atoms with Crippen molar-refractivity contribution in [2.45, 2.75) is 12.8 Å². The Kier molecular flexibility index (Phi) is 5.42. The minimum Gasteiger partial charge on any atom is -0.497 e. The largest absolute Gasteiger partial charge is 0.497 e. The van der Waals surface area contributed by atoms with Gasteiger partial charge in [0.05, 0.1) is 18.3 Å². The maximum atomic E-state index is 12.2. The Hall–Kier alpha value is -3.14. The molecule has 0 atom stereocenters. The summed E-state index contributed by atoms with van der Waals surface area (Å²) in [7, 11) is 1.65. The Labute approximate surface area is 147 Å². The van der Waals surface area contributed by atoms with Gasteiger partial charge in [0.1, 0.15) is 5.75 Å². The van der Waals surface area contributed by atoms with Crippen LogP contribution in [0.5, 0.6) is 5.75 Å². The molecule has 3 rings (SSSR count). The van der Waals surface area contributed by atoms with Gasteiger partial charge in [0.2, 0.25) is 5.91 Å². The predicted molar refractivity (Wildman–Crippen MR) is 102 cm³/mol. The quantitative estimate of drug-likeness (QED) is 0.713. The van der Waals surface area contributed by atoms with E-state index < -0.39 is 0 Å². The van der Waals surface area contributed by atoms with E-state index in [2.05, 4.69) is 10.3 Å². The van der Waals surface area contributed by atoms with E-state index in [0.717, 1.165) is 27.9 Å². The number of allylic oxidation sites excluding steroid dienone is 1. The summed E-state index contributed by atoms with van der Waals surface area (Å²) in [5.41, 5.74) is 2.65. The number of nitrogens with one attached hydrogen (secondary N) is 1. The van der Waals surface area contributed by atoms with Crippen molar-refractivity contribution < 1.29 is 9.53 Å². The number of hydrogen-bond donors (Lipinski definition) is 1. The molecule has 4 nitrogen and oxygen atoms in total. The zero-order chi connectivity index (χ0) is 17.5. The van der Waals surface area contributed by atoms with Crippen molar-refractivity contribution >= 4 is 28.6 Å². The number of fused-ring (bicyclic) bond motifs is 1. The normalized spacial score (nSPS) is 10.9. The van der Waals surface area contributed by atoms with Gasteiger partial charge in [0, 0.05) is 18.0 Å². The van der Waals surface area contributed by atoms with Crippen LogP contribution in [-0.4, -0.2) is 18.0 Å². The molecule has 25 heavy (non-hydrogen) atoms. The molecule has 1 heterocycles. The van der Waals surface area contributed by atoms with Gasteiger partial charge >= 0.3 is 0 Å². The molecule has 0 aliphatic heterocycles. The fourth-order valence-corrected chi connectivity index (χ4v) is 2.57. The number of ether oxygens (including phenoxy) is 1. The van der Waals surface area contributed by atoms with E-state index in [-0.39, 0.29) is 5.91 Å². The monoisotopic (exact) mass is 332 g/mol. The van der Waals surface area contributed by atoms with Gasteiger partial charge < -0.3 is 10.1 Å². The highest BCUT2D eigenvalue weighted by atomic mass is 16.5. The number of amides is 1. The minimum atomic E-state index is -0.0162. The zero-order valence-corrected chi connectivity index (χ0v) is 14.1. The highest BCUT2D eigenvalue weighted by Crippen LogP contribution is 2.21. The molecule has 0 bridgehead atoms. The number of pyridine rings is 1. The molecular formula is C21H20N2O2. The predicted octanol–water partition coefficient (Wildman–Crippen LogP) is 4.68. The summed E-state index contributed by atoms with van der Waals surface area (Å²) >= 11 is 0. The van der Waals surface area contributed by atoms with Crippen molar-refractivity contribution in [3.63, 3.8) is 0 Å². The van der Waals surface area contributed by atoms with Crippen LogP contribution in [0, 0.1) is 0 Å². The van der Waals surface area contributed by atoms with Crippen LogP contribution >= 0.6 is 0 Å². The second kappa shape index (κ2) is 8.11. The Morgan fingerprint density at radius 1 is 1.12 bits per heavy atom. The van der Waals surface area contributed by atoms with E-state index in [0.29, 0.717) is 12.8 Å². The number of carbonyl (C=O) groups is 1. The number of aromatic nitrogens is 1. The maximum absolute atomic E-state index is 12.2. The molecule has 1 N–H and O–H groups in total. The summed E-state index contributed by atoms with van der Waals surface area (Å²) < 4.78 is 5.13. The fourth-order valence-electron chi connectivity index (χ4n) is 2.57. The number of hydrogen-bond acceptors (Lipinski definition) is 3. The Bertz CT molecular complexity index is 881. The summed E-state index contributed by atoms with van der Waals surface area (Å²) in [5, 5.41) is 3.96. The smallest absolute Gasteiger partial charge is 0.224 e. The number of para-hydroxylation sites is 1. The van der Waals surface area contributed by atoms with Crippen LogP contribution < -0.4 is 10.1 Å². The molecule has 0 saturated carbocycles. The van der Waals surface area contributed by atoms with Gasteiger partial charge in [-0.25, -0.2) is 0 Å². The lowest BCUT2D eigenvalue weighted by molar-refractivity contribution is -0.116. The third kappa shape index (κ3) is 4.44. The van der Waals surface area contributed by atoms with Crippen molar-refractivity contribution in [3.8, 4) is 5.75 Å². The molecule has 0 aliphatic rings. The second-order valence-corrected chi connectivity index (χ2v) is 5.64. The third-order valence-corrected chi connectivity index (χ3v) is 3.87. The molecule has 0 aliphatic carbocycles. The van der Waals surface area contributed by atoms with Crippen LogP contribution in [0.2, 0.25) is 0 Å². The third-order valence-electron chi connectivity index (χ3n) is 3.87. The zero-order valence-electron chi connectivity index (χ0n) is 14.1. The first kappa shape index (κ1) is 16.7. The van der Waals surface area contributed by atoms with Gasteiger partial charge in [-0.3, -0.25) is 9.78 Å². The first-order valence-electron chi connectivity index (χ1n) is 8.20. The molecule has 1 aromatic heterocycles. The maximum Gasteiger partial charge on any atom is 0.224 e. The van der Waals surface area contributed by atoms with Gasteiger partial charge in [-0.1, -0.05) is 42.5 Å². The number of rotatable bonds is 6. The number of carbonyl (C=O) groups excluding carboxylic acids is 1. The Morgan fingerprint density at radius 3 is 2.72 bits per heavy atom.